The Balaban J connectivity index is 1.34. The van der Waals surface area contributed by atoms with Crippen LogP contribution < -0.4 is 9.80 Å². The van der Waals surface area contributed by atoms with E-state index in [1.54, 1.807) is 0 Å². The van der Waals surface area contributed by atoms with Crippen molar-refractivity contribution in [3.05, 3.63) is 158 Å². The average molecular weight is 503 g/mol. The predicted molar refractivity (Wildman–Crippen MR) is 163 cm³/mol. The Morgan fingerprint density at radius 3 is 1.23 bits per heavy atom. The zero-order valence-electron chi connectivity index (χ0n) is 21.3. The lowest BCUT2D eigenvalue weighted by molar-refractivity contribution is 0.669. The first-order chi connectivity index (χ1) is 19.3. The van der Waals surface area contributed by atoms with E-state index in [0.717, 1.165) is 56.1 Å². The van der Waals surface area contributed by atoms with Gasteiger partial charge >= 0.3 is 0 Å². The lowest BCUT2D eigenvalue weighted by atomic mass is 10.1. The van der Waals surface area contributed by atoms with E-state index in [-0.39, 0.29) is 0 Å². The highest BCUT2D eigenvalue weighted by molar-refractivity contribution is 6.06. The third-order valence-electron chi connectivity index (χ3n) is 7.03. The van der Waals surface area contributed by atoms with Crippen molar-refractivity contribution in [2.45, 2.75) is 0 Å². The summed E-state index contributed by atoms with van der Waals surface area (Å²) in [5, 5.41) is 2.24. The number of anilines is 6. The number of hydrogen-bond donors (Lipinski definition) is 0. The van der Waals surface area contributed by atoms with Crippen molar-refractivity contribution in [3.63, 3.8) is 0 Å². The van der Waals surface area contributed by atoms with Crippen molar-refractivity contribution >= 4 is 56.1 Å². The van der Waals surface area contributed by atoms with Crippen LogP contribution in [0.15, 0.2) is 162 Å². The molecule has 39 heavy (non-hydrogen) atoms. The summed E-state index contributed by atoms with van der Waals surface area (Å²) < 4.78 is 6.10. The smallest absolute Gasteiger partial charge is 0.135 e. The highest BCUT2D eigenvalue weighted by Crippen LogP contribution is 2.40. The number of hydrogen-bond acceptors (Lipinski definition) is 3. The van der Waals surface area contributed by atoms with Crippen LogP contribution in [-0.2, 0) is 0 Å². The molecule has 6 aromatic carbocycles. The minimum Gasteiger partial charge on any atom is -0.456 e. The van der Waals surface area contributed by atoms with Crippen LogP contribution in [0.1, 0.15) is 0 Å². The lowest BCUT2D eigenvalue weighted by Gasteiger charge is -2.28. The molecule has 3 nitrogen and oxygen atoms in total. The van der Waals surface area contributed by atoms with Gasteiger partial charge in [0.25, 0.3) is 0 Å². The van der Waals surface area contributed by atoms with Crippen LogP contribution in [0.3, 0.4) is 0 Å². The molecule has 186 valence electrons. The molecule has 0 aliphatic heterocycles. The molecule has 7 rings (SSSR count). The van der Waals surface area contributed by atoms with Crippen molar-refractivity contribution in [3.8, 4) is 0 Å². The first-order valence-corrected chi connectivity index (χ1v) is 13.1. The molecule has 0 radical (unpaired) electrons. The first kappa shape index (κ1) is 22.9. The summed E-state index contributed by atoms with van der Waals surface area (Å²) in [6.45, 7) is 0. The fourth-order valence-corrected chi connectivity index (χ4v) is 5.23. The Labute approximate surface area is 227 Å². The summed E-state index contributed by atoms with van der Waals surface area (Å²) in [6, 6.07) is 54.9. The number of para-hydroxylation sites is 4. The molecule has 0 spiro atoms. The molecule has 0 bridgehead atoms. The van der Waals surface area contributed by atoms with Gasteiger partial charge in [-0.1, -0.05) is 72.8 Å². The Kier molecular flexibility index (Phi) is 5.80. The summed E-state index contributed by atoms with van der Waals surface area (Å²) in [6.07, 6.45) is 0. The number of benzene rings is 6. The number of furan rings is 1. The fourth-order valence-electron chi connectivity index (χ4n) is 5.23. The molecule has 1 aromatic heterocycles. The van der Waals surface area contributed by atoms with Gasteiger partial charge in [0.2, 0.25) is 0 Å². The minimum absolute atomic E-state index is 0.893. The topological polar surface area (TPSA) is 19.6 Å². The van der Waals surface area contributed by atoms with Crippen molar-refractivity contribution in [1.29, 1.82) is 0 Å². The molecule has 0 amide bonds. The van der Waals surface area contributed by atoms with Crippen LogP contribution in [0.25, 0.3) is 21.9 Å². The van der Waals surface area contributed by atoms with Crippen LogP contribution >= 0.6 is 0 Å². The van der Waals surface area contributed by atoms with E-state index in [1.807, 2.05) is 24.3 Å². The number of fused-ring (bicyclic) bond motifs is 3. The molecule has 7 aromatic rings. The van der Waals surface area contributed by atoms with Crippen LogP contribution in [0.5, 0.6) is 0 Å². The molecule has 0 saturated heterocycles. The summed E-state index contributed by atoms with van der Waals surface area (Å²) in [5.74, 6) is 0. The highest BCUT2D eigenvalue weighted by Gasteiger charge is 2.17. The van der Waals surface area contributed by atoms with E-state index in [1.165, 1.54) is 0 Å². The molecular formula is C36H26N2O. The first-order valence-electron chi connectivity index (χ1n) is 13.1. The molecule has 0 atom stereocenters. The van der Waals surface area contributed by atoms with Gasteiger partial charge in [0, 0.05) is 44.9 Å². The zero-order chi connectivity index (χ0) is 26.0. The van der Waals surface area contributed by atoms with Gasteiger partial charge in [-0.25, -0.2) is 0 Å². The molecule has 0 saturated carbocycles. The van der Waals surface area contributed by atoms with Crippen molar-refractivity contribution in [2.24, 2.45) is 0 Å². The number of rotatable bonds is 6. The summed E-state index contributed by atoms with van der Waals surface area (Å²) in [7, 11) is 0. The van der Waals surface area contributed by atoms with Crippen molar-refractivity contribution < 1.29 is 4.42 Å². The van der Waals surface area contributed by atoms with Gasteiger partial charge in [0.05, 0.1) is 0 Å². The van der Waals surface area contributed by atoms with Gasteiger partial charge in [0.1, 0.15) is 11.2 Å². The van der Waals surface area contributed by atoms with Gasteiger partial charge in [0.15, 0.2) is 0 Å². The molecule has 0 unspecified atom stereocenters. The van der Waals surface area contributed by atoms with Gasteiger partial charge in [-0.3, -0.25) is 0 Å². The van der Waals surface area contributed by atoms with Gasteiger partial charge in [-0.2, -0.15) is 0 Å². The summed E-state index contributed by atoms with van der Waals surface area (Å²) in [4.78, 5) is 4.57. The second kappa shape index (κ2) is 9.88. The highest BCUT2D eigenvalue weighted by atomic mass is 16.3. The standard InChI is InChI=1S/C36H26N2O/c1-4-12-27(13-5-1)37(28-14-6-2-7-15-28)30-20-22-31(23-21-30)38(29-16-8-3-9-17-29)32-24-25-36-34(26-32)33-18-10-11-19-35(33)39-36/h1-26H. The Morgan fingerprint density at radius 2 is 0.692 bits per heavy atom. The molecule has 0 aliphatic rings. The fraction of sp³-hybridized carbons (Fsp3) is 0. The van der Waals surface area contributed by atoms with E-state index in [2.05, 4.69) is 143 Å². The van der Waals surface area contributed by atoms with E-state index in [0.29, 0.717) is 0 Å². The van der Waals surface area contributed by atoms with Crippen LogP contribution in [0, 0.1) is 0 Å². The second-order valence-electron chi connectivity index (χ2n) is 9.47. The molecule has 3 heteroatoms. The third kappa shape index (κ3) is 4.30. The molecule has 0 fully saturated rings. The van der Waals surface area contributed by atoms with E-state index >= 15 is 0 Å². The van der Waals surface area contributed by atoms with Crippen molar-refractivity contribution in [2.75, 3.05) is 9.80 Å². The minimum atomic E-state index is 0.893. The van der Waals surface area contributed by atoms with Crippen molar-refractivity contribution in [1.82, 2.24) is 0 Å². The number of nitrogens with zero attached hydrogens (tertiary/aromatic N) is 2. The Bertz CT molecular complexity index is 1800. The van der Waals surface area contributed by atoms with Gasteiger partial charge < -0.3 is 14.2 Å². The predicted octanol–water partition coefficient (Wildman–Crippen LogP) is 10.5. The van der Waals surface area contributed by atoms with E-state index < -0.39 is 0 Å². The van der Waals surface area contributed by atoms with Crippen LogP contribution in [0.4, 0.5) is 34.1 Å². The largest absolute Gasteiger partial charge is 0.456 e. The maximum atomic E-state index is 6.10. The normalized spacial score (nSPS) is 11.1. The van der Waals surface area contributed by atoms with E-state index in [9.17, 15) is 0 Å². The second-order valence-corrected chi connectivity index (χ2v) is 9.47. The molecule has 1 heterocycles. The molecular weight excluding hydrogens is 476 g/mol. The quantitative estimate of drug-likeness (QED) is 0.225. The van der Waals surface area contributed by atoms with Crippen LogP contribution in [0.2, 0.25) is 0 Å². The molecule has 0 N–H and O–H groups in total. The molecule has 0 aliphatic carbocycles. The summed E-state index contributed by atoms with van der Waals surface area (Å²) >= 11 is 0. The maximum Gasteiger partial charge on any atom is 0.135 e. The average Bonchev–Trinajstić information content (AvgIpc) is 3.38. The SMILES string of the molecule is c1ccc(N(c2ccccc2)c2ccc(N(c3ccccc3)c3ccc4oc5ccccc5c4c3)cc2)cc1. The van der Waals surface area contributed by atoms with E-state index in [4.69, 9.17) is 4.42 Å². The van der Waals surface area contributed by atoms with Crippen LogP contribution in [-0.4, -0.2) is 0 Å². The monoisotopic (exact) mass is 502 g/mol. The zero-order valence-corrected chi connectivity index (χ0v) is 21.3. The van der Waals surface area contributed by atoms with Gasteiger partial charge in [-0.05, 0) is 84.9 Å². The Hall–Kier alpha value is -5.28. The maximum absolute atomic E-state index is 6.10. The Morgan fingerprint density at radius 1 is 0.308 bits per heavy atom. The summed E-state index contributed by atoms with van der Waals surface area (Å²) in [5.41, 5.74) is 8.39. The van der Waals surface area contributed by atoms with Gasteiger partial charge in [-0.15, -0.1) is 0 Å². The third-order valence-corrected chi connectivity index (χ3v) is 7.03. The lowest BCUT2D eigenvalue weighted by Crippen LogP contribution is -2.12.